The topological polar surface area (TPSA) is 115 Å². The molecule has 0 radical (unpaired) electrons. The van der Waals surface area contributed by atoms with Gasteiger partial charge in [-0.15, -0.1) is 10.2 Å². The van der Waals surface area contributed by atoms with Gasteiger partial charge in [0, 0.05) is 36.5 Å². The molecule has 12 heteroatoms. The van der Waals surface area contributed by atoms with Crippen LogP contribution >= 0.6 is 0 Å². The Hall–Kier alpha value is -4.66. The predicted molar refractivity (Wildman–Crippen MR) is 149 cm³/mol. The van der Waals surface area contributed by atoms with E-state index in [1.54, 1.807) is 36.0 Å². The van der Waals surface area contributed by atoms with E-state index in [4.69, 9.17) is 5.26 Å². The Balaban J connectivity index is 1.37. The molecule has 3 aromatic rings. The molecule has 2 amide bonds. The molecule has 1 N–H and O–H groups in total. The van der Waals surface area contributed by atoms with E-state index in [2.05, 4.69) is 16.3 Å². The fraction of sp³-hybridized carbons (Fsp3) is 0.387. The molecule has 0 saturated heterocycles. The summed E-state index contributed by atoms with van der Waals surface area (Å²) in [5, 5.41) is 27.3. The number of carbonyl (C=O) groups excluding carboxylic acids is 1. The number of aryl methyl sites for hydroxylation is 1. The summed E-state index contributed by atoms with van der Waals surface area (Å²) < 4.78 is 44.9. The minimum atomic E-state index is -4.74. The fourth-order valence-electron chi connectivity index (χ4n) is 6.75. The zero-order valence-corrected chi connectivity index (χ0v) is 23.6. The Kier molecular flexibility index (Phi) is 6.60. The van der Waals surface area contributed by atoms with E-state index >= 15 is 0 Å². The maximum Gasteiger partial charge on any atom is 0.416 e. The monoisotopic (exact) mass is 590 g/mol. The van der Waals surface area contributed by atoms with Crippen molar-refractivity contribution in [3.8, 4) is 6.07 Å². The maximum absolute atomic E-state index is 14.4. The van der Waals surface area contributed by atoms with Crippen LogP contribution in [0.1, 0.15) is 77.5 Å². The molecule has 2 aliphatic carbocycles. The molecule has 0 unspecified atom stereocenters. The summed E-state index contributed by atoms with van der Waals surface area (Å²) in [5.41, 5.74) is -0.0998. The zero-order valence-electron chi connectivity index (χ0n) is 23.6. The second-order valence-electron chi connectivity index (χ2n) is 12.0. The molecule has 222 valence electrons. The van der Waals surface area contributed by atoms with Crippen molar-refractivity contribution in [1.82, 2.24) is 19.7 Å². The second-order valence-corrected chi connectivity index (χ2v) is 12.0. The van der Waals surface area contributed by atoms with Gasteiger partial charge in [0.2, 0.25) is 0 Å². The molecule has 3 aliphatic rings. The van der Waals surface area contributed by atoms with Crippen molar-refractivity contribution in [2.75, 3.05) is 4.90 Å². The highest BCUT2D eigenvalue weighted by Gasteiger charge is 2.48. The van der Waals surface area contributed by atoms with E-state index in [0.29, 0.717) is 37.2 Å². The number of carboxylic acid groups (broad SMARTS) is 1. The van der Waals surface area contributed by atoms with Crippen LogP contribution in [0.3, 0.4) is 0 Å². The number of halogens is 3. The quantitative estimate of drug-likeness (QED) is 0.355. The van der Waals surface area contributed by atoms with Crippen LogP contribution in [-0.4, -0.2) is 42.3 Å². The predicted octanol–water partition coefficient (Wildman–Crippen LogP) is 5.95. The van der Waals surface area contributed by atoms with Crippen LogP contribution in [0.5, 0.6) is 0 Å². The molecule has 1 aliphatic heterocycles. The van der Waals surface area contributed by atoms with Crippen molar-refractivity contribution in [3.05, 3.63) is 88.0 Å². The normalized spacial score (nSPS) is 20.6. The third kappa shape index (κ3) is 4.63. The van der Waals surface area contributed by atoms with Crippen LogP contribution in [0, 0.1) is 11.3 Å². The number of benzene rings is 2. The van der Waals surface area contributed by atoms with Crippen molar-refractivity contribution in [1.29, 1.82) is 5.26 Å². The molecule has 6 rings (SSSR count). The Morgan fingerprint density at radius 2 is 1.98 bits per heavy atom. The summed E-state index contributed by atoms with van der Waals surface area (Å²) in [6.07, 6.45) is 0.285. The first-order chi connectivity index (χ1) is 20.4. The van der Waals surface area contributed by atoms with E-state index in [0.717, 1.165) is 23.6 Å². The summed E-state index contributed by atoms with van der Waals surface area (Å²) in [5.74, 6) is 0.102. The third-order valence-corrected chi connectivity index (χ3v) is 9.24. The SMILES string of the molecule is Cn1cnnc1C1(c2cccc(N3Cc4c(cc(CN(C(=O)O)C5(C)CCC5)cc4C(F)(F)F)C3=O)c2)CC(=CC#N)C1. The van der Waals surface area contributed by atoms with Crippen LogP contribution in [0.15, 0.2) is 54.4 Å². The molecule has 2 fully saturated rings. The van der Waals surface area contributed by atoms with Gasteiger partial charge >= 0.3 is 12.3 Å². The number of hydrogen-bond acceptors (Lipinski definition) is 5. The summed E-state index contributed by atoms with van der Waals surface area (Å²) in [4.78, 5) is 28.3. The Morgan fingerprint density at radius 3 is 2.56 bits per heavy atom. The zero-order chi connectivity index (χ0) is 30.7. The molecule has 2 saturated carbocycles. The van der Waals surface area contributed by atoms with Crippen molar-refractivity contribution in [2.45, 2.75) is 69.2 Å². The van der Waals surface area contributed by atoms with Gasteiger partial charge in [-0.3, -0.25) is 9.69 Å². The number of fused-ring (bicyclic) bond motifs is 1. The Labute approximate surface area is 245 Å². The van der Waals surface area contributed by atoms with Gasteiger partial charge < -0.3 is 14.6 Å². The fourth-order valence-corrected chi connectivity index (χ4v) is 6.75. The van der Waals surface area contributed by atoms with E-state index in [9.17, 15) is 27.9 Å². The van der Waals surface area contributed by atoms with Gasteiger partial charge in [0.25, 0.3) is 5.91 Å². The van der Waals surface area contributed by atoms with Gasteiger partial charge in [-0.1, -0.05) is 17.7 Å². The summed E-state index contributed by atoms with van der Waals surface area (Å²) >= 11 is 0. The van der Waals surface area contributed by atoms with E-state index in [1.807, 2.05) is 13.1 Å². The second kappa shape index (κ2) is 9.97. The molecular weight excluding hydrogens is 561 g/mol. The summed E-state index contributed by atoms with van der Waals surface area (Å²) in [6, 6.07) is 11.6. The highest BCUT2D eigenvalue weighted by atomic mass is 19.4. The molecule has 0 spiro atoms. The summed E-state index contributed by atoms with van der Waals surface area (Å²) in [6.45, 7) is 1.27. The van der Waals surface area contributed by atoms with Crippen LogP contribution in [0.2, 0.25) is 0 Å². The van der Waals surface area contributed by atoms with Crippen LogP contribution < -0.4 is 4.90 Å². The first-order valence-electron chi connectivity index (χ1n) is 13.9. The number of allylic oxidation sites excluding steroid dienone is 2. The van der Waals surface area contributed by atoms with Crippen LogP contribution in [0.25, 0.3) is 0 Å². The molecular formula is C31H29F3N6O3. The number of amides is 2. The number of aromatic nitrogens is 3. The molecule has 9 nitrogen and oxygen atoms in total. The van der Waals surface area contributed by atoms with Gasteiger partial charge in [-0.25, -0.2) is 4.79 Å². The number of nitrogens with zero attached hydrogens (tertiary/aromatic N) is 6. The number of nitriles is 1. The van der Waals surface area contributed by atoms with Gasteiger partial charge in [-0.05, 0) is 80.0 Å². The highest BCUT2D eigenvalue weighted by Crippen LogP contribution is 2.52. The number of carbonyl (C=O) groups is 2. The number of anilines is 1. The summed E-state index contributed by atoms with van der Waals surface area (Å²) in [7, 11) is 1.82. The van der Waals surface area contributed by atoms with E-state index in [-0.39, 0.29) is 29.8 Å². The minimum Gasteiger partial charge on any atom is -0.465 e. The van der Waals surface area contributed by atoms with Gasteiger partial charge in [-0.2, -0.15) is 18.4 Å². The lowest BCUT2D eigenvalue weighted by Crippen LogP contribution is -2.53. The lowest BCUT2D eigenvalue weighted by atomic mass is 9.61. The maximum atomic E-state index is 14.4. The Morgan fingerprint density at radius 1 is 1.23 bits per heavy atom. The smallest absolute Gasteiger partial charge is 0.416 e. The lowest BCUT2D eigenvalue weighted by molar-refractivity contribution is -0.138. The Bertz CT molecular complexity index is 1710. The molecule has 0 bridgehead atoms. The average molecular weight is 591 g/mol. The average Bonchev–Trinajstić information content (AvgIpc) is 3.49. The van der Waals surface area contributed by atoms with Crippen LogP contribution in [-0.2, 0) is 31.7 Å². The van der Waals surface area contributed by atoms with Crippen molar-refractivity contribution in [2.24, 2.45) is 7.05 Å². The van der Waals surface area contributed by atoms with E-state index < -0.39 is 34.7 Å². The molecule has 43 heavy (non-hydrogen) atoms. The van der Waals surface area contributed by atoms with E-state index in [1.165, 1.54) is 21.9 Å². The highest BCUT2D eigenvalue weighted by molar-refractivity contribution is 6.10. The number of alkyl halides is 3. The van der Waals surface area contributed by atoms with Crippen molar-refractivity contribution < 1.29 is 27.9 Å². The first-order valence-corrected chi connectivity index (χ1v) is 13.9. The molecule has 0 atom stereocenters. The minimum absolute atomic E-state index is 0.0785. The van der Waals surface area contributed by atoms with Gasteiger partial charge in [0.15, 0.2) is 0 Å². The van der Waals surface area contributed by atoms with Gasteiger partial charge in [0.05, 0.1) is 23.6 Å². The third-order valence-electron chi connectivity index (χ3n) is 9.24. The molecule has 1 aromatic heterocycles. The van der Waals surface area contributed by atoms with Crippen molar-refractivity contribution in [3.63, 3.8) is 0 Å². The lowest BCUT2D eigenvalue weighted by Gasteiger charge is -2.46. The molecule has 2 aromatic carbocycles. The standard InChI is InChI=1S/C31H29F3N6O3/c1-29(8-4-9-29)40(28(42)43)16-20-11-23-24(25(12-20)31(32,33)34)17-39(26(23)41)22-6-3-5-21(13-22)30(14-19(15-30)7-10-35)27-37-36-18-38(27)2/h3,5-7,11-13,18H,4,8-9,14-17H2,1-2H3,(H,42,43). The number of rotatable bonds is 6. The number of hydrogen-bond donors (Lipinski definition) is 1. The van der Waals surface area contributed by atoms with Gasteiger partial charge in [0.1, 0.15) is 12.2 Å². The van der Waals surface area contributed by atoms with Crippen LogP contribution in [0.4, 0.5) is 23.7 Å². The largest absolute Gasteiger partial charge is 0.465 e. The first kappa shape index (κ1) is 28.5. The van der Waals surface area contributed by atoms with Crippen molar-refractivity contribution >= 4 is 17.7 Å². The molecule has 2 heterocycles.